The molecule has 0 radical (unpaired) electrons. The van der Waals surface area contributed by atoms with Crippen molar-refractivity contribution in [1.82, 2.24) is 4.90 Å². The lowest BCUT2D eigenvalue weighted by atomic mass is 9.80. The summed E-state index contributed by atoms with van der Waals surface area (Å²) in [5.41, 5.74) is 6.81. The van der Waals surface area contributed by atoms with Gasteiger partial charge in [0, 0.05) is 17.4 Å². The van der Waals surface area contributed by atoms with Crippen molar-refractivity contribution in [2.75, 3.05) is 19.8 Å². The van der Waals surface area contributed by atoms with Crippen LogP contribution in [0, 0.1) is 5.92 Å². The average molecular weight is 496 g/mol. The van der Waals surface area contributed by atoms with Gasteiger partial charge in [0.15, 0.2) is 5.78 Å². The molecule has 0 saturated carbocycles. The van der Waals surface area contributed by atoms with Gasteiger partial charge in [-0.15, -0.1) is 0 Å². The molecule has 1 aliphatic carbocycles. The highest BCUT2D eigenvalue weighted by Gasteiger charge is 2.45. The first kappa shape index (κ1) is 23.9. The Morgan fingerprint density at radius 1 is 0.865 bits per heavy atom. The van der Waals surface area contributed by atoms with Crippen LogP contribution in [0.4, 0.5) is 4.79 Å². The number of amides is 1. The molecule has 2 saturated heterocycles. The fourth-order valence-electron chi connectivity index (χ4n) is 6.36. The molecule has 3 aromatic rings. The van der Waals surface area contributed by atoms with Gasteiger partial charge in [-0.25, -0.2) is 4.79 Å². The molecule has 3 aliphatic rings. The Hall–Kier alpha value is -3.44. The van der Waals surface area contributed by atoms with Crippen molar-refractivity contribution >= 4 is 11.9 Å². The number of rotatable bonds is 5. The Labute approximate surface area is 218 Å². The van der Waals surface area contributed by atoms with Gasteiger partial charge in [0.1, 0.15) is 6.61 Å². The van der Waals surface area contributed by atoms with Crippen LogP contribution in [0.5, 0.6) is 0 Å². The smallest absolute Gasteiger partial charge is 0.410 e. The fourth-order valence-corrected chi connectivity index (χ4v) is 6.36. The van der Waals surface area contributed by atoms with Gasteiger partial charge < -0.3 is 9.47 Å². The molecular formula is C32H33NO4. The number of hydrogen-bond donors (Lipinski definition) is 0. The van der Waals surface area contributed by atoms with Crippen molar-refractivity contribution in [1.29, 1.82) is 0 Å². The number of ether oxygens (including phenoxy) is 2. The van der Waals surface area contributed by atoms with E-state index in [1.807, 2.05) is 41.3 Å². The van der Waals surface area contributed by atoms with E-state index in [9.17, 15) is 9.59 Å². The molecule has 190 valence electrons. The van der Waals surface area contributed by atoms with E-state index in [1.54, 1.807) is 0 Å². The molecular weight excluding hydrogens is 462 g/mol. The molecule has 2 bridgehead atoms. The van der Waals surface area contributed by atoms with Gasteiger partial charge in [0.2, 0.25) is 0 Å². The number of carbonyl (C=O) groups is 2. The van der Waals surface area contributed by atoms with Gasteiger partial charge in [-0.2, -0.15) is 0 Å². The number of fused-ring (bicyclic) bond motifs is 5. The molecule has 2 aliphatic heterocycles. The van der Waals surface area contributed by atoms with Crippen molar-refractivity contribution in [3.63, 3.8) is 0 Å². The van der Waals surface area contributed by atoms with Gasteiger partial charge in [0.05, 0.1) is 25.3 Å². The first-order valence-electron chi connectivity index (χ1n) is 13.4. The van der Waals surface area contributed by atoms with Crippen LogP contribution in [0.15, 0.2) is 72.8 Å². The number of ketones is 1. The van der Waals surface area contributed by atoms with Crippen molar-refractivity contribution in [2.45, 2.75) is 50.6 Å². The van der Waals surface area contributed by atoms with Gasteiger partial charge in [-0.3, -0.25) is 9.69 Å². The molecule has 2 atom stereocenters. The molecule has 2 unspecified atom stereocenters. The van der Waals surface area contributed by atoms with Crippen molar-refractivity contribution < 1.29 is 19.1 Å². The third kappa shape index (κ3) is 4.36. The summed E-state index contributed by atoms with van der Waals surface area (Å²) in [7, 11) is 0. The molecule has 0 spiro atoms. The summed E-state index contributed by atoms with van der Waals surface area (Å²) in [6.07, 6.45) is 0.907. The number of piperidine rings is 1. The van der Waals surface area contributed by atoms with Gasteiger partial charge in [0.25, 0.3) is 0 Å². The van der Waals surface area contributed by atoms with E-state index in [2.05, 4.69) is 50.2 Å². The highest BCUT2D eigenvalue weighted by atomic mass is 16.6. The Balaban J connectivity index is 1.14. The molecule has 0 N–H and O–H groups in total. The minimum absolute atomic E-state index is 0.0281. The predicted octanol–water partition coefficient (Wildman–Crippen LogP) is 6.42. The number of Topliss-reactive ketones (excluding diaryl/α,β-unsaturated/α-hetero) is 1. The molecule has 5 heteroatoms. The van der Waals surface area contributed by atoms with Crippen LogP contribution in [-0.2, 0) is 9.47 Å². The zero-order chi connectivity index (χ0) is 25.5. The lowest BCUT2D eigenvalue weighted by molar-refractivity contribution is -0.0747. The van der Waals surface area contributed by atoms with Gasteiger partial charge in [-0.05, 0) is 46.6 Å². The zero-order valence-electron chi connectivity index (χ0n) is 21.4. The normalized spacial score (nSPS) is 22.5. The molecule has 3 aromatic carbocycles. The van der Waals surface area contributed by atoms with E-state index >= 15 is 0 Å². The third-order valence-electron chi connectivity index (χ3n) is 8.30. The van der Waals surface area contributed by atoms with Crippen LogP contribution in [-0.4, -0.2) is 48.7 Å². The van der Waals surface area contributed by atoms with E-state index < -0.39 is 0 Å². The number of hydrogen-bond acceptors (Lipinski definition) is 4. The summed E-state index contributed by atoms with van der Waals surface area (Å²) in [6, 6.07) is 24.4. The molecule has 2 fully saturated rings. The lowest BCUT2D eigenvalue weighted by Gasteiger charge is -2.47. The third-order valence-corrected chi connectivity index (χ3v) is 8.30. The van der Waals surface area contributed by atoms with E-state index in [-0.39, 0.29) is 35.8 Å². The standard InChI is InChI=1S/C32H33NO4/c1-20(2)21-11-13-22(14-12-21)31(34)23-15-24-17-36-18-25(16-23)33(24)32(35)37-19-30-28-9-5-3-7-26(28)27-8-4-6-10-29(27)30/h3-14,20,23-25,30H,15-19H2,1-2H3. The summed E-state index contributed by atoms with van der Waals surface area (Å²) >= 11 is 0. The van der Waals surface area contributed by atoms with Gasteiger partial charge >= 0.3 is 6.09 Å². The molecule has 5 nitrogen and oxygen atoms in total. The van der Waals surface area contributed by atoms with Crippen molar-refractivity contribution in [2.24, 2.45) is 5.92 Å². The summed E-state index contributed by atoms with van der Waals surface area (Å²) in [5.74, 6) is 0.516. The van der Waals surface area contributed by atoms with Crippen molar-refractivity contribution in [3.8, 4) is 11.1 Å². The Kier molecular flexibility index (Phi) is 6.33. The molecule has 2 heterocycles. The largest absolute Gasteiger partial charge is 0.448 e. The van der Waals surface area contributed by atoms with E-state index in [4.69, 9.17) is 9.47 Å². The van der Waals surface area contributed by atoms with Crippen LogP contribution in [0.3, 0.4) is 0 Å². The summed E-state index contributed by atoms with van der Waals surface area (Å²) in [4.78, 5) is 28.6. The first-order valence-corrected chi connectivity index (χ1v) is 13.4. The van der Waals surface area contributed by atoms with E-state index in [1.165, 1.54) is 27.8 Å². The second-order valence-electron chi connectivity index (χ2n) is 10.9. The topological polar surface area (TPSA) is 55.8 Å². The minimum Gasteiger partial charge on any atom is -0.448 e. The summed E-state index contributed by atoms with van der Waals surface area (Å²) in [5, 5.41) is 0. The SMILES string of the molecule is CC(C)c1ccc(C(=O)C2CC3COCC(C2)N3C(=O)OCC2c3ccccc3-c3ccccc32)cc1. The molecule has 37 heavy (non-hydrogen) atoms. The first-order chi connectivity index (χ1) is 18.0. The summed E-state index contributed by atoms with van der Waals surface area (Å²) < 4.78 is 11.8. The average Bonchev–Trinajstić information content (AvgIpc) is 3.24. The highest BCUT2D eigenvalue weighted by molar-refractivity contribution is 5.98. The van der Waals surface area contributed by atoms with Crippen LogP contribution >= 0.6 is 0 Å². The van der Waals surface area contributed by atoms with E-state index in [0.717, 1.165) is 5.56 Å². The summed E-state index contributed by atoms with van der Waals surface area (Å²) in [6.45, 7) is 5.48. The maximum Gasteiger partial charge on any atom is 0.410 e. The molecule has 1 amide bonds. The van der Waals surface area contributed by atoms with Crippen LogP contribution in [0.1, 0.15) is 65.6 Å². The number of nitrogens with zero attached hydrogens (tertiary/aromatic N) is 1. The van der Waals surface area contributed by atoms with Crippen LogP contribution in [0.2, 0.25) is 0 Å². The second kappa shape index (κ2) is 9.79. The Morgan fingerprint density at radius 3 is 2.00 bits per heavy atom. The van der Waals surface area contributed by atoms with Crippen molar-refractivity contribution in [3.05, 3.63) is 95.1 Å². The maximum absolute atomic E-state index is 13.4. The van der Waals surface area contributed by atoms with Crippen LogP contribution in [0.25, 0.3) is 11.1 Å². The highest BCUT2D eigenvalue weighted by Crippen LogP contribution is 2.44. The quantitative estimate of drug-likeness (QED) is 0.383. The van der Waals surface area contributed by atoms with E-state index in [0.29, 0.717) is 38.6 Å². The second-order valence-corrected chi connectivity index (χ2v) is 10.9. The monoisotopic (exact) mass is 495 g/mol. The predicted molar refractivity (Wildman–Crippen MR) is 143 cm³/mol. The molecule has 6 rings (SSSR count). The maximum atomic E-state index is 13.4. The number of benzene rings is 3. The Morgan fingerprint density at radius 2 is 1.43 bits per heavy atom. The zero-order valence-corrected chi connectivity index (χ0v) is 21.4. The number of morpholine rings is 1. The van der Waals surface area contributed by atoms with Gasteiger partial charge in [-0.1, -0.05) is 86.6 Å². The fraction of sp³-hybridized carbons (Fsp3) is 0.375. The Bertz CT molecular complexity index is 1250. The minimum atomic E-state index is -0.299. The lowest BCUT2D eigenvalue weighted by Crippen LogP contribution is -2.60. The molecule has 0 aromatic heterocycles. The number of carbonyl (C=O) groups excluding carboxylic acids is 2. The van der Waals surface area contributed by atoms with Crippen LogP contribution < -0.4 is 0 Å².